The standard InChI is InChI=1S/C11H15ClN4O4S2/c1-11(2,3)20-10(17)15(9(21-4)14-16(18)19)6-7-5-13-8(12)22-7/h5H,6H2,1-4H3/b14-9-. The van der Waals surface area contributed by atoms with Gasteiger partial charge in [0.1, 0.15) is 5.60 Å². The van der Waals surface area contributed by atoms with Gasteiger partial charge in [-0.25, -0.2) is 24.8 Å². The van der Waals surface area contributed by atoms with Gasteiger partial charge in [-0.05, 0) is 27.0 Å². The number of halogens is 1. The van der Waals surface area contributed by atoms with Crippen molar-refractivity contribution in [3.63, 3.8) is 0 Å². The zero-order valence-corrected chi connectivity index (χ0v) is 14.8. The summed E-state index contributed by atoms with van der Waals surface area (Å²) >= 11 is 7.90. The van der Waals surface area contributed by atoms with Crippen molar-refractivity contribution in [3.8, 4) is 0 Å². The van der Waals surface area contributed by atoms with Crippen molar-refractivity contribution >= 4 is 46.0 Å². The second kappa shape index (κ2) is 7.75. The summed E-state index contributed by atoms with van der Waals surface area (Å²) in [6.45, 7) is 5.15. The van der Waals surface area contributed by atoms with Gasteiger partial charge in [0, 0.05) is 11.1 Å². The minimum Gasteiger partial charge on any atom is -0.443 e. The Morgan fingerprint density at radius 1 is 1.64 bits per heavy atom. The average Bonchev–Trinajstić information content (AvgIpc) is 2.76. The SMILES string of the molecule is CS/C(=N\[N+](=O)[O-])N(Cc1cnc(Cl)s1)C(=O)OC(C)(C)C. The number of ether oxygens (including phenoxy) is 1. The van der Waals surface area contributed by atoms with E-state index in [1.54, 1.807) is 27.0 Å². The highest BCUT2D eigenvalue weighted by molar-refractivity contribution is 8.13. The van der Waals surface area contributed by atoms with Crippen LogP contribution in [0.25, 0.3) is 0 Å². The second-order valence-electron chi connectivity index (χ2n) is 4.97. The van der Waals surface area contributed by atoms with Crippen molar-refractivity contribution in [1.82, 2.24) is 9.88 Å². The molecular formula is C11H15ClN4O4S2. The number of carbonyl (C=O) groups excluding carboxylic acids is 1. The van der Waals surface area contributed by atoms with Gasteiger partial charge in [0.15, 0.2) is 9.50 Å². The van der Waals surface area contributed by atoms with Crippen LogP contribution in [0.15, 0.2) is 11.3 Å². The third-order valence-corrected chi connectivity index (χ3v) is 3.80. The number of nitro groups is 1. The topological polar surface area (TPSA) is 97.9 Å². The van der Waals surface area contributed by atoms with Gasteiger partial charge in [-0.3, -0.25) is 0 Å². The first-order valence-electron chi connectivity index (χ1n) is 6.00. The molecule has 11 heteroatoms. The molecule has 1 heterocycles. The van der Waals surface area contributed by atoms with Crippen molar-refractivity contribution in [2.24, 2.45) is 5.10 Å². The number of hydrogen-bond donors (Lipinski definition) is 0. The molecule has 1 rings (SSSR count). The monoisotopic (exact) mass is 366 g/mol. The molecule has 1 aromatic rings. The minimum absolute atomic E-state index is 0.0345. The molecule has 0 unspecified atom stereocenters. The van der Waals surface area contributed by atoms with Crippen LogP contribution >= 0.6 is 34.7 Å². The molecule has 0 bridgehead atoms. The predicted molar refractivity (Wildman–Crippen MR) is 86.8 cm³/mol. The maximum Gasteiger partial charge on any atom is 0.416 e. The van der Waals surface area contributed by atoms with Crippen molar-refractivity contribution in [1.29, 1.82) is 0 Å². The number of nitrogens with zero attached hydrogens (tertiary/aromatic N) is 4. The van der Waals surface area contributed by atoms with Gasteiger partial charge in [0.2, 0.25) is 5.17 Å². The lowest BCUT2D eigenvalue weighted by Gasteiger charge is -2.26. The molecule has 0 N–H and O–H groups in total. The number of rotatable bonds is 3. The lowest BCUT2D eigenvalue weighted by atomic mass is 10.2. The first kappa shape index (κ1) is 18.7. The molecule has 0 aliphatic heterocycles. The van der Waals surface area contributed by atoms with Crippen LogP contribution in [0.3, 0.4) is 0 Å². The molecule has 0 saturated carbocycles. The Hall–Kier alpha value is -1.39. The quantitative estimate of drug-likeness (QED) is 0.351. The van der Waals surface area contributed by atoms with E-state index in [-0.39, 0.29) is 11.7 Å². The van der Waals surface area contributed by atoms with Crippen molar-refractivity contribution in [2.45, 2.75) is 32.9 Å². The third kappa shape index (κ3) is 6.16. The Morgan fingerprint density at radius 2 is 2.27 bits per heavy atom. The average molecular weight is 367 g/mol. The van der Waals surface area contributed by atoms with E-state index >= 15 is 0 Å². The number of carbonyl (C=O) groups is 1. The zero-order chi connectivity index (χ0) is 16.9. The Kier molecular flexibility index (Phi) is 6.57. The molecule has 0 atom stereocenters. The summed E-state index contributed by atoms with van der Waals surface area (Å²) in [4.78, 5) is 28.5. The van der Waals surface area contributed by atoms with Gasteiger partial charge in [-0.15, -0.1) is 11.3 Å². The van der Waals surface area contributed by atoms with E-state index in [0.717, 1.165) is 16.7 Å². The van der Waals surface area contributed by atoms with Crippen LogP contribution < -0.4 is 0 Å². The first-order chi connectivity index (χ1) is 10.1. The highest BCUT2D eigenvalue weighted by Gasteiger charge is 2.28. The molecule has 0 fully saturated rings. The first-order valence-corrected chi connectivity index (χ1v) is 8.42. The largest absolute Gasteiger partial charge is 0.443 e. The van der Waals surface area contributed by atoms with E-state index in [0.29, 0.717) is 9.34 Å². The Balaban J connectivity index is 3.08. The Bertz CT molecular complexity index is 585. The lowest BCUT2D eigenvalue weighted by molar-refractivity contribution is -0.485. The fourth-order valence-electron chi connectivity index (χ4n) is 1.31. The summed E-state index contributed by atoms with van der Waals surface area (Å²) < 4.78 is 5.58. The van der Waals surface area contributed by atoms with Crippen LogP contribution in [0.2, 0.25) is 4.47 Å². The van der Waals surface area contributed by atoms with Crippen LogP contribution in [0, 0.1) is 10.1 Å². The summed E-state index contributed by atoms with van der Waals surface area (Å²) in [6, 6.07) is 0. The van der Waals surface area contributed by atoms with Gasteiger partial charge < -0.3 is 4.74 Å². The van der Waals surface area contributed by atoms with Crippen LogP contribution in [-0.4, -0.2) is 38.0 Å². The van der Waals surface area contributed by atoms with E-state index in [1.165, 1.54) is 17.5 Å². The molecule has 22 heavy (non-hydrogen) atoms. The number of hydrazone groups is 1. The highest BCUT2D eigenvalue weighted by atomic mass is 35.5. The number of thioether (sulfide) groups is 1. The van der Waals surface area contributed by atoms with Gasteiger partial charge in [0.05, 0.1) is 11.6 Å². The van der Waals surface area contributed by atoms with Gasteiger partial charge >= 0.3 is 6.09 Å². The van der Waals surface area contributed by atoms with E-state index < -0.39 is 16.7 Å². The fraction of sp³-hybridized carbons (Fsp3) is 0.545. The van der Waals surface area contributed by atoms with E-state index in [9.17, 15) is 14.9 Å². The summed E-state index contributed by atoms with van der Waals surface area (Å²) in [7, 11) is 0. The smallest absolute Gasteiger partial charge is 0.416 e. The van der Waals surface area contributed by atoms with Gasteiger partial charge in [0.25, 0.3) is 0 Å². The third-order valence-electron chi connectivity index (χ3n) is 2.03. The fourth-order valence-corrected chi connectivity index (χ4v) is 2.79. The molecule has 0 aliphatic rings. The Labute approximate surface area is 140 Å². The lowest BCUT2D eigenvalue weighted by Crippen LogP contribution is -2.39. The molecule has 0 aliphatic carbocycles. The molecule has 0 aromatic carbocycles. The molecule has 122 valence electrons. The highest BCUT2D eigenvalue weighted by Crippen LogP contribution is 2.22. The normalized spacial score (nSPS) is 12.1. The van der Waals surface area contributed by atoms with E-state index in [4.69, 9.17) is 16.3 Å². The maximum absolute atomic E-state index is 12.3. The molecule has 0 spiro atoms. The maximum atomic E-state index is 12.3. The van der Waals surface area contributed by atoms with Crippen LogP contribution in [0.5, 0.6) is 0 Å². The number of hydrogen-bond acceptors (Lipinski definition) is 7. The molecule has 1 amide bonds. The number of thiazole rings is 1. The Morgan fingerprint density at radius 3 is 2.68 bits per heavy atom. The molecule has 0 saturated heterocycles. The summed E-state index contributed by atoms with van der Waals surface area (Å²) in [5, 5.41) is 12.9. The minimum atomic E-state index is -0.858. The van der Waals surface area contributed by atoms with Crippen LogP contribution in [0.1, 0.15) is 25.6 Å². The van der Waals surface area contributed by atoms with Gasteiger partial charge in [-0.1, -0.05) is 23.4 Å². The predicted octanol–water partition coefficient (Wildman–Crippen LogP) is 3.44. The summed E-state index contributed by atoms with van der Waals surface area (Å²) in [6.07, 6.45) is 2.35. The number of aromatic nitrogens is 1. The number of amidine groups is 1. The van der Waals surface area contributed by atoms with E-state index in [1.807, 2.05) is 0 Å². The van der Waals surface area contributed by atoms with Crippen molar-refractivity contribution in [2.75, 3.05) is 6.26 Å². The molecule has 8 nitrogen and oxygen atoms in total. The molecule has 1 aromatic heterocycles. The molecular weight excluding hydrogens is 352 g/mol. The second-order valence-corrected chi connectivity index (χ2v) is 7.44. The van der Waals surface area contributed by atoms with Crippen molar-refractivity contribution in [3.05, 3.63) is 25.7 Å². The van der Waals surface area contributed by atoms with E-state index in [2.05, 4.69) is 10.1 Å². The summed E-state index contributed by atoms with van der Waals surface area (Å²) in [5.74, 6) is 0. The molecule has 0 radical (unpaired) electrons. The van der Waals surface area contributed by atoms with Crippen molar-refractivity contribution < 1.29 is 14.6 Å². The van der Waals surface area contributed by atoms with Crippen LogP contribution in [-0.2, 0) is 11.3 Å². The number of amides is 1. The van der Waals surface area contributed by atoms with Gasteiger partial charge in [-0.2, -0.15) is 0 Å². The van der Waals surface area contributed by atoms with Crippen LogP contribution in [0.4, 0.5) is 4.79 Å². The zero-order valence-electron chi connectivity index (χ0n) is 12.4. The summed E-state index contributed by atoms with van der Waals surface area (Å²) in [5.41, 5.74) is -0.737.